The SMILES string of the molecule is COc1c(C)c(Br)cc(CCON)c1O. The quantitative estimate of drug-likeness (QED) is 0.824. The van der Waals surface area contributed by atoms with Gasteiger partial charge in [0.25, 0.3) is 0 Å². The standard InChI is InChI=1S/C10H14BrNO3/c1-6-8(11)5-7(3-4-15-12)9(13)10(6)14-2/h5,13H,3-4,12H2,1-2H3. The molecule has 0 saturated carbocycles. The number of hydrogen-bond acceptors (Lipinski definition) is 4. The summed E-state index contributed by atoms with van der Waals surface area (Å²) in [5.74, 6) is 5.57. The maximum absolute atomic E-state index is 9.88. The Morgan fingerprint density at radius 3 is 2.73 bits per heavy atom. The smallest absolute Gasteiger partial charge is 0.164 e. The first-order chi connectivity index (χ1) is 7.11. The number of aromatic hydroxyl groups is 1. The molecule has 0 aliphatic heterocycles. The van der Waals surface area contributed by atoms with Crippen molar-refractivity contribution in [3.05, 3.63) is 21.7 Å². The zero-order valence-corrected chi connectivity index (χ0v) is 10.3. The van der Waals surface area contributed by atoms with Crippen LogP contribution in [0, 0.1) is 6.92 Å². The van der Waals surface area contributed by atoms with Gasteiger partial charge in [-0.3, -0.25) is 0 Å². The molecule has 0 aromatic heterocycles. The molecule has 0 fully saturated rings. The Morgan fingerprint density at radius 2 is 2.20 bits per heavy atom. The number of nitrogens with two attached hydrogens (primary N) is 1. The maximum atomic E-state index is 9.88. The lowest BCUT2D eigenvalue weighted by molar-refractivity contribution is 0.140. The molecule has 0 bridgehead atoms. The number of ether oxygens (including phenoxy) is 1. The second kappa shape index (κ2) is 5.34. The largest absolute Gasteiger partial charge is 0.504 e. The molecular weight excluding hydrogens is 262 g/mol. The summed E-state index contributed by atoms with van der Waals surface area (Å²) in [6.45, 7) is 2.22. The highest BCUT2D eigenvalue weighted by atomic mass is 79.9. The molecule has 84 valence electrons. The Morgan fingerprint density at radius 1 is 1.53 bits per heavy atom. The van der Waals surface area contributed by atoms with Crippen LogP contribution in [0.4, 0.5) is 0 Å². The topological polar surface area (TPSA) is 64.7 Å². The van der Waals surface area contributed by atoms with Crippen LogP contribution in [0.15, 0.2) is 10.5 Å². The molecule has 0 amide bonds. The number of rotatable bonds is 4. The molecule has 0 heterocycles. The van der Waals surface area contributed by atoms with E-state index in [-0.39, 0.29) is 5.75 Å². The van der Waals surface area contributed by atoms with E-state index in [0.29, 0.717) is 18.8 Å². The van der Waals surface area contributed by atoms with Crippen molar-refractivity contribution in [2.45, 2.75) is 13.3 Å². The summed E-state index contributed by atoms with van der Waals surface area (Å²) in [5.41, 5.74) is 1.61. The third-order valence-electron chi connectivity index (χ3n) is 2.21. The van der Waals surface area contributed by atoms with E-state index in [9.17, 15) is 5.11 Å². The molecule has 3 N–H and O–H groups in total. The van der Waals surface area contributed by atoms with Gasteiger partial charge in [-0.1, -0.05) is 15.9 Å². The first-order valence-corrected chi connectivity index (χ1v) is 5.27. The average Bonchev–Trinajstić information content (AvgIpc) is 2.22. The molecule has 0 unspecified atom stereocenters. The summed E-state index contributed by atoms with van der Waals surface area (Å²) >= 11 is 3.40. The lowest BCUT2D eigenvalue weighted by Crippen LogP contribution is -2.04. The molecule has 0 aliphatic rings. The van der Waals surface area contributed by atoms with Crippen LogP contribution < -0.4 is 10.6 Å². The summed E-state index contributed by atoms with van der Waals surface area (Å²) in [4.78, 5) is 4.48. The first-order valence-electron chi connectivity index (χ1n) is 4.48. The molecule has 1 aromatic rings. The zero-order chi connectivity index (χ0) is 11.4. The van der Waals surface area contributed by atoms with E-state index in [0.717, 1.165) is 15.6 Å². The molecule has 1 rings (SSSR count). The second-order valence-corrected chi connectivity index (χ2v) is 4.00. The molecule has 0 spiro atoms. The molecule has 0 saturated heterocycles. The van der Waals surface area contributed by atoms with Gasteiger partial charge in [-0.2, -0.15) is 0 Å². The van der Waals surface area contributed by atoms with Crippen LogP contribution in [0.25, 0.3) is 0 Å². The van der Waals surface area contributed by atoms with Gasteiger partial charge in [0, 0.05) is 22.0 Å². The number of phenolic OH excluding ortho intramolecular Hbond substituents is 1. The van der Waals surface area contributed by atoms with Crippen molar-refractivity contribution >= 4 is 15.9 Å². The summed E-state index contributed by atoms with van der Waals surface area (Å²) in [6, 6.07) is 1.84. The molecule has 1 aromatic carbocycles. The fourth-order valence-corrected chi connectivity index (χ4v) is 1.83. The number of phenols is 1. The van der Waals surface area contributed by atoms with Gasteiger partial charge in [-0.25, -0.2) is 5.90 Å². The highest BCUT2D eigenvalue weighted by Gasteiger charge is 2.13. The average molecular weight is 276 g/mol. The molecule has 0 radical (unpaired) electrons. The van der Waals surface area contributed by atoms with Gasteiger partial charge in [0.15, 0.2) is 11.5 Å². The van der Waals surface area contributed by atoms with Gasteiger partial charge < -0.3 is 14.7 Å². The Bertz CT molecular complexity index is 355. The van der Waals surface area contributed by atoms with E-state index in [1.807, 2.05) is 13.0 Å². The first kappa shape index (κ1) is 12.3. The van der Waals surface area contributed by atoms with Gasteiger partial charge in [0.2, 0.25) is 0 Å². The highest BCUT2D eigenvalue weighted by molar-refractivity contribution is 9.10. The minimum Gasteiger partial charge on any atom is -0.504 e. The number of methoxy groups -OCH3 is 1. The molecule has 0 aliphatic carbocycles. The van der Waals surface area contributed by atoms with Crippen LogP contribution in [0.5, 0.6) is 11.5 Å². The Kier molecular flexibility index (Phi) is 4.38. The van der Waals surface area contributed by atoms with Crippen LogP contribution in [-0.4, -0.2) is 18.8 Å². The van der Waals surface area contributed by atoms with Crippen LogP contribution in [0.1, 0.15) is 11.1 Å². The second-order valence-electron chi connectivity index (χ2n) is 3.15. The van der Waals surface area contributed by atoms with Crippen molar-refractivity contribution < 1.29 is 14.7 Å². The van der Waals surface area contributed by atoms with Gasteiger partial charge in [0.05, 0.1) is 13.7 Å². The van der Waals surface area contributed by atoms with Crippen molar-refractivity contribution in [3.63, 3.8) is 0 Å². The number of hydrogen-bond donors (Lipinski definition) is 2. The molecular formula is C10H14BrNO3. The predicted octanol–water partition coefficient (Wildman–Crippen LogP) is 1.90. The monoisotopic (exact) mass is 275 g/mol. The number of halogens is 1. The zero-order valence-electron chi connectivity index (χ0n) is 8.71. The van der Waals surface area contributed by atoms with Gasteiger partial charge in [-0.15, -0.1) is 0 Å². The Hall–Kier alpha value is -0.780. The van der Waals surface area contributed by atoms with Crippen molar-refractivity contribution in [2.75, 3.05) is 13.7 Å². The normalized spacial score (nSPS) is 10.4. The van der Waals surface area contributed by atoms with Crippen molar-refractivity contribution in [1.82, 2.24) is 0 Å². The van der Waals surface area contributed by atoms with E-state index in [1.165, 1.54) is 7.11 Å². The van der Waals surface area contributed by atoms with Crippen LogP contribution in [0.2, 0.25) is 0 Å². The lowest BCUT2D eigenvalue weighted by atomic mass is 10.1. The van der Waals surface area contributed by atoms with Gasteiger partial charge in [-0.05, 0) is 13.0 Å². The predicted molar refractivity (Wildman–Crippen MR) is 60.9 cm³/mol. The Balaban J connectivity index is 3.12. The minimum atomic E-state index is 0.148. The third-order valence-corrected chi connectivity index (χ3v) is 3.04. The van der Waals surface area contributed by atoms with Crippen molar-refractivity contribution in [1.29, 1.82) is 0 Å². The highest BCUT2D eigenvalue weighted by Crippen LogP contribution is 2.38. The van der Waals surface area contributed by atoms with E-state index in [4.69, 9.17) is 10.6 Å². The summed E-state index contributed by atoms with van der Waals surface area (Å²) in [7, 11) is 1.53. The van der Waals surface area contributed by atoms with E-state index < -0.39 is 0 Å². The molecule has 5 heteroatoms. The van der Waals surface area contributed by atoms with Crippen LogP contribution >= 0.6 is 15.9 Å². The summed E-state index contributed by atoms with van der Waals surface area (Å²) in [5, 5.41) is 9.88. The molecule has 15 heavy (non-hydrogen) atoms. The fourth-order valence-electron chi connectivity index (χ4n) is 1.37. The van der Waals surface area contributed by atoms with Gasteiger partial charge >= 0.3 is 0 Å². The number of benzene rings is 1. The summed E-state index contributed by atoms with van der Waals surface area (Å²) in [6.07, 6.45) is 0.539. The third kappa shape index (κ3) is 2.62. The lowest BCUT2D eigenvalue weighted by Gasteiger charge is -2.13. The van der Waals surface area contributed by atoms with Gasteiger partial charge in [0.1, 0.15) is 0 Å². The maximum Gasteiger partial charge on any atom is 0.164 e. The Labute approximate surface area is 97.1 Å². The molecule has 0 atom stereocenters. The van der Waals surface area contributed by atoms with Crippen LogP contribution in [0.3, 0.4) is 0 Å². The van der Waals surface area contributed by atoms with E-state index in [1.54, 1.807) is 0 Å². The summed E-state index contributed by atoms with van der Waals surface area (Å²) < 4.78 is 6.02. The fraction of sp³-hybridized carbons (Fsp3) is 0.400. The van der Waals surface area contributed by atoms with Crippen LogP contribution in [-0.2, 0) is 11.3 Å². The minimum absolute atomic E-state index is 0.148. The van der Waals surface area contributed by atoms with Crippen molar-refractivity contribution in [3.8, 4) is 11.5 Å². The molecule has 4 nitrogen and oxygen atoms in total. The van der Waals surface area contributed by atoms with E-state index >= 15 is 0 Å². The van der Waals surface area contributed by atoms with E-state index in [2.05, 4.69) is 20.8 Å². The van der Waals surface area contributed by atoms with Crippen molar-refractivity contribution in [2.24, 2.45) is 5.90 Å².